The van der Waals surface area contributed by atoms with Crippen LogP contribution in [-0.4, -0.2) is 7.37 Å². The Kier molecular flexibility index (Phi) is 3.90. The second-order valence-electron chi connectivity index (χ2n) is 10.5. The van der Waals surface area contributed by atoms with Crippen molar-refractivity contribution in [1.82, 2.24) is 0 Å². The summed E-state index contributed by atoms with van der Waals surface area (Å²) in [5.41, 5.74) is 12.1. The molecule has 4 aromatic rings. The molecule has 0 radical (unpaired) electrons. The van der Waals surface area contributed by atoms with Gasteiger partial charge in [0.25, 0.3) is 0 Å². The SMILES string of the molecule is [CH3][Zr]([CH3])([SiH3])([c]1cccc2c1Cc1ccccc1-2)[c]1cccc2c1Cc1ccccc1-2. The molecule has 0 heterocycles. The van der Waals surface area contributed by atoms with Crippen LogP contribution >= 0.6 is 0 Å². The van der Waals surface area contributed by atoms with Crippen molar-refractivity contribution in [2.45, 2.75) is 22.1 Å². The van der Waals surface area contributed by atoms with Gasteiger partial charge >= 0.3 is 183 Å². The molecule has 0 amide bonds. The van der Waals surface area contributed by atoms with Crippen molar-refractivity contribution in [3.05, 3.63) is 107 Å². The molecule has 2 aliphatic rings. The van der Waals surface area contributed by atoms with Gasteiger partial charge in [-0.05, 0) is 0 Å². The Balaban J connectivity index is 1.58. The van der Waals surface area contributed by atoms with Gasteiger partial charge in [-0.15, -0.1) is 0 Å². The van der Waals surface area contributed by atoms with Gasteiger partial charge in [-0.2, -0.15) is 0 Å². The third-order valence-electron chi connectivity index (χ3n) is 7.59. The van der Waals surface area contributed by atoms with Crippen molar-refractivity contribution in [3.8, 4) is 22.3 Å². The summed E-state index contributed by atoms with van der Waals surface area (Å²) in [6.07, 6.45) is 2.20. The van der Waals surface area contributed by atoms with E-state index in [4.69, 9.17) is 0 Å². The van der Waals surface area contributed by atoms with Crippen LogP contribution in [-0.2, 0) is 30.8 Å². The minimum atomic E-state index is -3.32. The van der Waals surface area contributed by atoms with Gasteiger partial charge in [0.2, 0.25) is 0 Å². The molecule has 0 atom stereocenters. The molecule has 0 nitrogen and oxygen atoms in total. The summed E-state index contributed by atoms with van der Waals surface area (Å²) < 4.78 is 8.84. The fourth-order valence-electron chi connectivity index (χ4n) is 6.10. The van der Waals surface area contributed by atoms with Crippen molar-refractivity contribution in [2.75, 3.05) is 0 Å². The van der Waals surface area contributed by atoms with E-state index in [0.29, 0.717) is 0 Å². The van der Waals surface area contributed by atoms with Gasteiger partial charge in [0, 0.05) is 0 Å². The first kappa shape index (κ1) is 18.7. The Hall–Kier alpha value is -2.02. The van der Waals surface area contributed by atoms with Crippen LogP contribution in [0.25, 0.3) is 22.3 Å². The van der Waals surface area contributed by atoms with E-state index in [9.17, 15) is 0 Å². The molecule has 0 N–H and O–H groups in total. The van der Waals surface area contributed by atoms with Gasteiger partial charge in [0.15, 0.2) is 0 Å². The summed E-state index contributed by atoms with van der Waals surface area (Å²) in [5.74, 6) is 0. The second-order valence-corrected chi connectivity index (χ2v) is 46.2. The van der Waals surface area contributed by atoms with Gasteiger partial charge in [-0.25, -0.2) is 0 Å². The Labute approximate surface area is 182 Å². The summed E-state index contributed by atoms with van der Waals surface area (Å²) in [5, 5.41) is 0. The molecular weight excluding hydrogens is 456 g/mol. The summed E-state index contributed by atoms with van der Waals surface area (Å²) in [7, 11) is 1.25. The van der Waals surface area contributed by atoms with E-state index in [0.717, 1.165) is 12.8 Å². The van der Waals surface area contributed by atoms with Gasteiger partial charge in [-0.1, -0.05) is 0 Å². The average molecular weight is 483 g/mol. The Bertz CT molecular complexity index is 1240. The number of hydrogen-bond donors (Lipinski definition) is 0. The fraction of sp³-hybridized carbons (Fsp3) is 0.143. The van der Waals surface area contributed by atoms with Crippen LogP contribution in [0.5, 0.6) is 0 Å². The van der Waals surface area contributed by atoms with Gasteiger partial charge < -0.3 is 0 Å². The first-order valence-corrected chi connectivity index (χ1v) is 26.8. The van der Waals surface area contributed by atoms with E-state index in [1.54, 1.807) is 17.7 Å². The van der Waals surface area contributed by atoms with E-state index >= 15 is 0 Å². The quantitative estimate of drug-likeness (QED) is 0.310. The molecule has 30 heavy (non-hydrogen) atoms. The number of hydrogen-bond acceptors (Lipinski definition) is 0. The zero-order chi connectivity index (χ0) is 20.5. The molecule has 2 aliphatic carbocycles. The predicted octanol–water partition coefficient (Wildman–Crippen LogP) is 4.85. The van der Waals surface area contributed by atoms with Crippen LogP contribution in [0.4, 0.5) is 0 Å². The van der Waals surface area contributed by atoms with E-state index in [2.05, 4.69) is 94.2 Å². The maximum atomic E-state index is 2.70. The normalized spacial score (nSPS) is 15.1. The molecule has 6 rings (SSSR count). The van der Waals surface area contributed by atoms with Crippen molar-refractivity contribution >= 4 is 13.9 Å². The Morgan fingerprint density at radius 1 is 0.533 bits per heavy atom. The van der Waals surface area contributed by atoms with Gasteiger partial charge in [0.05, 0.1) is 0 Å². The van der Waals surface area contributed by atoms with Gasteiger partial charge in [-0.3, -0.25) is 0 Å². The summed E-state index contributed by atoms with van der Waals surface area (Å²) in [6, 6.07) is 32.3. The third kappa shape index (κ3) is 2.53. The number of benzene rings is 4. The predicted molar refractivity (Wildman–Crippen MR) is 130 cm³/mol. The maximum absolute atomic E-state index is 3.32. The number of fused-ring (bicyclic) bond motifs is 6. The Morgan fingerprint density at radius 2 is 0.933 bits per heavy atom. The van der Waals surface area contributed by atoms with E-state index in [1.807, 2.05) is 0 Å². The van der Waals surface area contributed by atoms with Crippen LogP contribution in [0.3, 0.4) is 0 Å². The van der Waals surface area contributed by atoms with E-state index in [-0.39, 0.29) is 0 Å². The van der Waals surface area contributed by atoms with Crippen LogP contribution in [0.15, 0.2) is 84.9 Å². The molecule has 2 heteroatoms. The second kappa shape index (κ2) is 6.25. The molecule has 0 unspecified atom stereocenters. The average Bonchev–Trinajstić information content (AvgIpc) is 3.31. The molecule has 0 bridgehead atoms. The first-order valence-electron chi connectivity index (χ1n) is 11.1. The summed E-state index contributed by atoms with van der Waals surface area (Å²) >= 11 is -3.32. The Morgan fingerprint density at radius 3 is 1.40 bits per heavy atom. The van der Waals surface area contributed by atoms with Crippen molar-refractivity contribution in [1.29, 1.82) is 0 Å². The van der Waals surface area contributed by atoms with E-state index in [1.165, 1.54) is 40.7 Å². The van der Waals surface area contributed by atoms with Crippen LogP contribution in [0.1, 0.15) is 22.3 Å². The molecule has 0 aromatic heterocycles. The summed E-state index contributed by atoms with van der Waals surface area (Å²) in [4.78, 5) is 0. The zero-order valence-electron chi connectivity index (χ0n) is 18.0. The standard InChI is InChI=1S/2C13H9.2CH3.H3Si.Zr/c2*1-3-7-12-10(5-1)9-11-6-2-4-8-13(11)12;;;;/h2*1-5,7-8H,9H2;3*1H3;. The fourth-order valence-corrected chi connectivity index (χ4v) is 22.0. The molecule has 0 saturated carbocycles. The molecular formula is C28H27SiZr. The molecule has 0 fully saturated rings. The van der Waals surface area contributed by atoms with Crippen molar-refractivity contribution < 1.29 is 17.9 Å². The van der Waals surface area contributed by atoms with Gasteiger partial charge in [0.1, 0.15) is 0 Å². The van der Waals surface area contributed by atoms with Crippen molar-refractivity contribution in [2.24, 2.45) is 0 Å². The van der Waals surface area contributed by atoms with E-state index < -0.39 is 17.9 Å². The topological polar surface area (TPSA) is 0 Å². The minimum absolute atomic E-state index is 1.10. The monoisotopic (exact) mass is 481 g/mol. The molecule has 147 valence electrons. The summed E-state index contributed by atoms with van der Waals surface area (Å²) in [6.45, 7) is 0. The third-order valence-corrected chi connectivity index (χ3v) is 25.5. The molecule has 0 saturated heterocycles. The van der Waals surface area contributed by atoms with Crippen molar-refractivity contribution in [3.63, 3.8) is 0 Å². The first-order chi connectivity index (χ1) is 14.4. The molecule has 4 aromatic carbocycles. The van der Waals surface area contributed by atoms with Crippen LogP contribution < -0.4 is 6.54 Å². The molecule has 0 aliphatic heterocycles. The van der Waals surface area contributed by atoms with Crippen LogP contribution in [0.2, 0.25) is 9.26 Å². The number of rotatable bonds is 2. The molecule has 0 spiro atoms. The zero-order valence-corrected chi connectivity index (χ0v) is 22.5. The van der Waals surface area contributed by atoms with Crippen LogP contribution in [0, 0.1) is 0 Å².